The van der Waals surface area contributed by atoms with E-state index in [0.717, 1.165) is 11.1 Å². The highest BCUT2D eigenvalue weighted by atomic mass is 16.5. The summed E-state index contributed by atoms with van der Waals surface area (Å²) in [5.41, 5.74) is 2.97. The Morgan fingerprint density at radius 2 is 1.85 bits per heavy atom. The van der Waals surface area contributed by atoms with Crippen LogP contribution in [0.2, 0.25) is 0 Å². The third kappa shape index (κ3) is 5.09. The van der Waals surface area contributed by atoms with Crippen molar-refractivity contribution in [3.05, 3.63) is 59.2 Å². The second-order valence-electron chi connectivity index (χ2n) is 6.07. The number of carbonyl (C=O) groups excluding carboxylic acids is 2. The van der Waals surface area contributed by atoms with E-state index >= 15 is 0 Å². The molecule has 0 aromatic heterocycles. The van der Waals surface area contributed by atoms with E-state index in [1.807, 2.05) is 45.0 Å². The van der Waals surface area contributed by atoms with Crippen molar-refractivity contribution in [2.24, 2.45) is 0 Å². The third-order valence-electron chi connectivity index (χ3n) is 3.93. The van der Waals surface area contributed by atoms with Crippen LogP contribution in [0.5, 0.6) is 5.75 Å². The zero-order valence-electron chi connectivity index (χ0n) is 15.7. The molecule has 2 rings (SSSR count). The highest BCUT2D eigenvalue weighted by Crippen LogP contribution is 2.20. The summed E-state index contributed by atoms with van der Waals surface area (Å²) in [7, 11) is 0. The Hall–Kier alpha value is -2.82. The highest BCUT2D eigenvalue weighted by molar-refractivity contribution is 5.96. The lowest BCUT2D eigenvalue weighted by atomic mass is 10.1. The number of hydrogen-bond donors (Lipinski definition) is 1. The summed E-state index contributed by atoms with van der Waals surface area (Å²) in [6.07, 6.45) is -0.0550. The first kappa shape index (κ1) is 19.5. The molecule has 26 heavy (non-hydrogen) atoms. The van der Waals surface area contributed by atoms with Crippen LogP contribution in [-0.4, -0.2) is 24.6 Å². The zero-order valence-corrected chi connectivity index (χ0v) is 15.7. The minimum Gasteiger partial charge on any atom is -0.481 e. The Kier molecular flexibility index (Phi) is 6.78. The largest absolute Gasteiger partial charge is 0.481 e. The van der Waals surface area contributed by atoms with Crippen molar-refractivity contribution in [2.45, 2.75) is 40.2 Å². The van der Waals surface area contributed by atoms with Gasteiger partial charge in [-0.1, -0.05) is 19.1 Å². The fraction of sp³-hybridized carbons (Fsp3) is 0.333. The maximum atomic E-state index is 12.6. The molecule has 0 bridgehead atoms. The Balaban J connectivity index is 2.08. The molecule has 0 heterocycles. The van der Waals surface area contributed by atoms with Gasteiger partial charge in [-0.05, 0) is 68.7 Å². The van der Waals surface area contributed by atoms with Crippen molar-refractivity contribution >= 4 is 17.6 Å². The van der Waals surface area contributed by atoms with Crippen LogP contribution in [0.25, 0.3) is 0 Å². The minimum absolute atomic E-state index is 0.221. The van der Waals surface area contributed by atoms with Crippen LogP contribution in [0.4, 0.5) is 5.69 Å². The Labute approximate surface area is 154 Å². The van der Waals surface area contributed by atoms with Gasteiger partial charge in [-0.2, -0.15) is 0 Å². The topological polar surface area (TPSA) is 64.6 Å². The first-order chi connectivity index (χ1) is 12.4. The summed E-state index contributed by atoms with van der Waals surface area (Å²) in [5, 5.41) is 2.88. The quantitative estimate of drug-likeness (QED) is 0.753. The Morgan fingerprint density at radius 3 is 2.46 bits per heavy atom. The van der Waals surface area contributed by atoms with Gasteiger partial charge >= 0.3 is 5.97 Å². The third-order valence-corrected chi connectivity index (χ3v) is 3.93. The molecule has 0 saturated heterocycles. The molecule has 138 valence electrons. The van der Waals surface area contributed by atoms with Gasteiger partial charge in [0.2, 0.25) is 0 Å². The number of aryl methyl sites for hydroxylation is 2. The Bertz CT molecular complexity index is 785. The number of anilines is 1. The molecule has 1 unspecified atom stereocenters. The van der Waals surface area contributed by atoms with E-state index in [4.69, 9.17) is 9.47 Å². The predicted molar refractivity (Wildman–Crippen MR) is 102 cm³/mol. The van der Waals surface area contributed by atoms with Gasteiger partial charge in [-0.25, -0.2) is 4.79 Å². The van der Waals surface area contributed by atoms with Crippen LogP contribution >= 0.6 is 0 Å². The van der Waals surface area contributed by atoms with Gasteiger partial charge in [-0.15, -0.1) is 0 Å². The number of amides is 1. The maximum absolute atomic E-state index is 12.6. The molecule has 0 spiro atoms. The standard InChI is InChI=1S/C21H25NO4/c1-5-19(26-17-9-7-8-14(3)12-17)20(23)22-18-11-10-16(13-15(18)4)21(24)25-6-2/h7-13,19H,5-6H2,1-4H3,(H,22,23). The number of benzene rings is 2. The van der Waals surface area contributed by atoms with Gasteiger partial charge in [0.1, 0.15) is 5.75 Å². The van der Waals surface area contributed by atoms with Crippen LogP contribution in [0.3, 0.4) is 0 Å². The van der Waals surface area contributed by atoms with E-state index in [1.54, 1.807) is 25.1 Å². The second kappa shape index (κ2) is 9.04. The van der Waals surface area contributed by atoms with Crippen molar-refractivity contribution in [3.63, 3.8) is 0 Å². The highest BCUT2D eigenvalue weighted by Gasteiger charge is 2.19. The summed E-state index contributed by atoms with van der Waals surface area (Å²) in [5.74, 6) is 0.0741. The molecule has 0 aliphatic heterocycles. The van der Waals surface area contributed by atoms with E-state index in [-0.39, 0.29) is 11.9 Å². The minimum atomic E-state index is -0.596. The molecule has 0 fully saturated rings. The summed E-state index contributed by atoms with van der Waals surface area (Å²) in [6, 6.07) is 12.7. The summed E-state index contributed by atoms with van der Waals surface area (Å²) in [4.78, 5) is 24.4. The lowest BCUT2D eigenvalue weighted by Crippen LogP contribution is -2.32. The molecule has 0 saturated carbocycles. The molecule has 0 aliphatic carbocycles. The summed E-state index contributed by atoms with van der Waals surface area (Å²) < 4.78 is 10.8. The molecule has 0 aliphatic rings. The SMILES string of the molecule is CCOC(=O)c1ccc(NC(=O)C(CC)Oc2cccc(C)c2)c(C)c1. The number of nitrogens with one attached hydrogen (secondary N) is 1. The van der Waals surface area contributed by atoms with Gasteiger partial charge in [0.15, 0.2) is 6.10 Å². The first-order valence-electron chi connectivity index (χ1n) is 8.76. The van der Waals surface area contributed by atoms with Gasteiger partial charge in [0, 0.05) is 5.69 Å². The van der Waals surface area contributed by atoms with Gasteiger partial charge < -0.3 is 14.8 Å². The van der Waals surface area contributed by atoms with Crippen molar-refractivity contribution in [2.75, 3.05) is 11.9 Å². The molecular weight excluding hydrogens is 330 g/mol. The predicted octanol–water partition coefficient (Wildman–Crippen LogP) is 4.28. The molecular formula is C21H25NO4. The van der Waals surface area contributed by atoms with E-state index in [2.05, 4.69) is 5.32 Å². The van der Waals surface area contributed by atoms with Crippen LogP contribution < -0.4 is 10.1 Å². The molecule has 2 aromatic carbocycles. The molecule has 1 N–H and O–H groups in total. The van der Waals surface area contributed by atoms with Crippen LogP contribution in [0.15, 0.2) is 42.5 Å². The maximum Gasteiger partial charge on any atom is 0.338 e. The normalized spacial score (nSPS) is 11.5. The fourth-order valence-corrected chi connectivity index (χ4v) is 2.53. The van der Waals surface area contributed by atoms with E-state index < -0.39 is 6.10 Å². The number of carbonyl (C=O) groups is 2. The van der Waals surface area contributed by atoms with Gasteiger partial charge in [0.05, 0.1) is 12.2 Å². The van der Waals surface area contributed by atoms with E-state index in [9.17, 15) is 9.59 Å². The number of esters is 1. The fourth-order valence-electron chi connectivity index (χ4n) is 2.53. The molecule has 5 nitrogen and oxygen atoms in total. The van der Waals surface area contributed by atoms with Gasteiger partial charge in [-0.3, -0.25) is 4.79 Å². The molecule has 2 aromatic rings. The number of hydrogen-bond acceptors (Lipinski definition) is 4. The van der Waals surface area contributed by atoms with E-state index in [0.29, 0.717) is 30.0 Å². The van der Waals surface area contributed by atoms with Crippen molar-refractivity contribution in [1.82, 2.24) is 0 Å². The number of ether oxygens (including phenoxy) is 2. The van der Waals surface area contributed by atoms with Crippen LogP contribution in [0, 0.1) is 13.8 Å². The molecule has 5 heteroatoms. The van der Waals surface area contributed by atoms with Crippen molar-refractivity contribution < 1.29 is 19.1 Å². The van der Waals surface area contributed by atoms with Crippen molar-refractivity contribution in [3.8, 4) is 5.75 Å². The van der Waals surface area contributed by atoms with Crippen LogP contribution in [0.1, 0.15) is 41.8 Å². The molecule has 0 radical (unpaired) electrons. The molecule has 1 amide bonds. The average molecular weight is 355 g/mol. The first-order valence-corrected chi connectivity index (χ1v) is 8.76. The second-order valence-corrected chi connectivity index (χ2v) is 6.07. The zero-order chi connectivity index (χ0) is 19.1. The monoisotopic (exact) mass is 355 g/mol. The summed E-state index contributed by atoms with van der Waals surface area (Å²) in [6.45, 7) is 7.79. The molecule has 1 atom stereocenters. The van der Waals surface area contributed by atoms with E-state index in [1.165, 1.54) is 0 Å². The Morgan fingerprint density at radius 1 is 1.08 bits per heavy atom. The lowest BCUT2D eigenvalue weighted by Gasteiger charge is -2.18. The van der Waals surface area contributed by atoms with Crippen LogP contribution in [-0.2, 0) is 9.53 Å². The van der Waals surface area contributed by atoms with Gasteiger partial charge in [0.25, 0.3) is 5.91 Å². The lowest BCUT2D eigenvalue weighted by molar-refractivity contribution is -0.122. The van der Waals surface area contributed by atoms with Crippen molar-refractivity contribution in [1.29, 1.82) is 0 Å². The number of rotatable bonds is 7. The smallest absolute Gasteiger partial charge is 0.338 e. The average Bonchev–Trinajstić information content (AvgIpc) is 2.61. The summed E-state index contributed by atoms with van der Waals surface area (Å²) >= 11 is 0.